The molecule has 2 N–H and O–H groups in total. The van der Waals surface area contributed by atoms with E-state index in [1.165, 1.54) is 55.5 Å². The molecule has 0 aliphatic carbocycles. The van der Waals surface area contributed by atoms with Gasteiger partial charge in [-0.05, 0) is 36.2 Å². The number of methoxy groups -OCH3 is 2. The second kappa shape index (κ2) is 10.4. The van der Waals surface area contributed by atoms with Gasteiger partial charge in [-0.25, -0.2) is 8.42 Å². The molecule has 0 atom stereocenters. The van der Waals surface area contributed by atoms with Crippen LogP contribution in [0.25, 0.3) is 0 Å². The Kier molecular flexibility index (Phi) is 7.15. The number of hydrogen-bond donors (Lipinski definition) is 2. The van der Waals surface area contributed by atoms with Crippen LogP contribution in [0.15, 0.2) is 77.3 Å². The molecule has 0 saturated carbocycles. The number of carbonyl (C=O) groups excluding carboxylic acids is 2. The van der Waals surface area contributed by atoms with Crippen LogP contribution in [0.2, 0.25) is 0 Å². The van der Waals surface area contributed by atoms with Crippen molar-refractivity contribution in [3.05, 3.63) is 78.0 Å². The molecule has 2 amide bonds. The summed E-state index contributed by atoms with van der Waals surface area (Å²) in [6.45, 7) is 0.255. The van der Waals surface area contributed by atoms with Crippen molar-refractivity contribution in [2.24, 2.45) is 0 Å². The van der Waals surface area contributed by atoms with Gasteiger partial charge in [0.05, 0.1) is 19.1 Å². The van der Waals surface area contributed by atoms with E-state index in [9.17, 15) is 18.0 Å². The second-order valence-electron chi connectivity index (χ2n) is 7.63. The maximum absolute atomic E-state index is 12.8. The zero-order valence-electron chi connectivity index (χ0n) is 19.5. The van der Waals surface area contributed by atoms with Gasteiger partial charge in [0.25, 0.3) is 21.8 Å². The fourth-order valence-corrected chi connectivity index (χ4v) is 4.41. The van der Waals surface area contributed by atoms with E-state index in [4.69, 9.17) is 9.47 Å². The van der Waals surface area contributed by atoms with Crippen molar-refractivity contribution in [3.63, 3.8) is 0 Å². The highest BCUT2D eigenvalue weighted by Crippen LogP contribution is 2.23. The van der Waals surface area contributed by atoms with Gasteiger partial charge in [-0.2, -0.15) is 9.97 Å². The minimum Gasteiger partial charge on any atom is -0.481 e. The molecule has 0 radical (unpaired) electrons. The molecule has 186 valence electrons. The summed E-state index contributed by atoms with van der Waals surface area (Å²) in [6, 6.07) is 16.5. The van der Waals surface area contributed by atoms with E-state index in [1.807, 2.05) is 30.3 Å². The molecule has 4 rings (SSSR count). The Morgan fingerprint density at radius 3 is 2.33 bits per heavy atom. The van der Waals surface area contributed by atoms with Gasteiger partial charge in [-0.3, -0.25) is 19.2 Å². The quantitative estimate of drug-likeness (QED) is 0.394. The van der Waals surface area contributed by atoms with Gasteiger partial charge in [-0.15, -0.1) is 0 Å². The number of benzene rings is 2. The Labute approximate surface area is 207 Å². The molecule has 0 unspecified atom stereocenters. The number of ether oxygens (including phenoxy) is 2. The first-order valence-electron chi connectivity index (χ1n) is 10.8. The summed E-state index contributed by atoms with van der Waals surface area (Å²) in [5, 5.41) is 2.89. The average Bonchev–Trinajstić information content (AvgIpc) is 3.14. The number of imide groups is 1. The second-order valence-corrected chi connectivity index (χ2v) is 9.31. The highest BCUT2D eigenvalue weighted by Gasteiger charge is 2.30. The third-order valence-electron chi connectivity index (χ3n) is 5.23. The SMILES string of the molecule is COc1cc(NS(=O)(=O)c2ccc(NC3=CC(=O)N(CCc4ccccc4)C3=O)cc2)nc(OC)n1. The molecule has 11 nitrogen and oxygen atoms in total. The van der Waals surface area contributed by atoms with Gasteiger partial charge in [-0.1, -0.05) is 30.3 Å². The summed E-state index contributed by atoms with van der Waals surface area (Å²) in [6.07, 6.45) is 1.78. The first-order valence-corrected chi connectivity index (χ1v) is 12.3. The van der Waals surface area contributed by atoms with Gasteiger partial charge < -0.3 is 14.8 Å². The Balaban J connectivity index is 1.41. The van der Waals surface area contributed by atoms with Crippen molar-refractivity contribution in [1.82, 2.24) is 14.9 Å². The van der Waals surface area contributed by atoms with Crippen LogP contribution in [0.3, 0.4) is 0 Å². The lowest BCUT2D eigenvalue weighted by atomic mass is 10.1. The molecular formula is C24H23N5O6S. The standard InChI is InChI=1S/C24H23N5O6S/c1-34-21-15-20(26-24(27-21)35-2)28-36(32,33)18-10-8-17(9-11-18)25-19-14-22(30)29(23(19)31)13-12-16-6-4-3-5-7-16/h3-11,14-15,25H,12-13H2,1-2H3,(H,26,27,28). The van der Waals surface area contributed by atoms with Crippen LogP contribution >= 0.6 is 0 Å². The highest BCUT2D eigenvalue weighted by atomic mass is 32.2. The van der Waals surface area contributed by atoms with Crippen molar-refractivity contribution in [2.75, 3.05) is 30.8 Å². The van der Waals surface area contributed by atoms with Gasteiger partial charge in [0.15, 0.2) is 5.82 Å². The number of aromatic nitrogens is 2. The number of nitrogens with zero attached hydrogens (tertiary/aromatic N) is 3. The third kappa shape index (κ3) is 5.61. The summed E-state index contributed by atoms with van der Waals surface area (Å²) >= 11 is 0. The van der Waals surface area contributed by atoms with Crippen molar-refractivity contribution in [1.29, 1.82) is 0 Å². The van der Waals surface area contributed by atoms with Gasteiger partial charge >= 0.3 is 6.01 Å². The molecule has 2 heterocycles. The van der Waals surface area contributed by atoms with E-state index in [2.05, 4.69) is 20.0 Å². The molecule has 1 aliphatic heterocycles. The summed E-state index contributed by atoms with van der Waals surface area (Å²) in [4.78, 5) is 34.0. The molecule has 3 aromatic rings. The van der Waals surface area contributed by atoms with Crippen LogP contribution in [-0.2, 0) is 26.0 Å². The molecule has 12 heteroatoms. The van der Waals surface area contributed by atoms with E-state index in [-0.39, 0.29) is 34.8 Å². The van der Waals surface area contributed by atoms with Crippen LogP contribution in [0, 0.1) is 0 Å². The van der Waals surface area contributed by atoms with Crippen LogP contribution < -0.4 is 19.5 Å². The summed E-state index contributed by atoms with van der Waals surface area (Å²) in [5.74, 6) is -0.754. The zero-order chi connectivity index (χ0) is 25.7. The monoisotopic (exact) mass is 509 g/mol. The van der Waals surface area contributed by atoms with Crippen molar-refractivity contribution in [3.8, 4) is 11.9 Å². The smallest absolute Gasteiger partial charge is 0.321 e. The Morgan fingerprint density at radius 1 is 0.944 bits per heavy atom. The minimum absolute atomic E-state index is 0.0308. The fraction of sp³-hybridized carbons (Fsp3) is 0.167. The number of hydrogen-bond acceptors (Lipinski definition) is 9. The van der Waals surface area contributed by atoms with Crippen LogP contribution in [0.1, 0.15) is 5.56 Å². The normalized spacial score (nSPS) is 13.4. The third-order valence-corrected chi connectivity index (χ3v) is 6.60. The minimum atomic E-state index is -3.99. The van der Waals surface area contributed by atoms with E-state index in [0.29, 0.717) is 12.1 Å². The average molecular weight is 510 g/mol. The molecule has 36 heavy (non-hydrogen) atoms. The van der Waals surface area contributed by atoms with Gasteiger partial charge in [0.2, 0.25) is 5.88 Å². The number of amides is 2. The number of rotatable bonds is 10. The maximum Gasteiger partial charge on any atom is 0.321 e. The zero-order valence-corrected chi connectivity index (χ0v) is 20.3. The van der Waals surface area contributed by atoms with Gasteiger partial charge in [0, 0.05) is 24.4 Å². The lowest BCUT2D eigenvalue weighted by Gasteiger charge is -2.15. The summed E-state index contributed by atoms with van der Waals surface area (Å²) < 4.78 is 37.9. The number of carbonyl (C=O) groups is 2. The molecule has 0 fully saturated rings. The summed E-state index contributed by atoms with van der Waals surface area (Å²) in [5.41, 5.74) is 1.57. The Hall–Kier alpha value is -4.45. The first kappa shape index (κ1) is 24.7. The van der Waals surface area contributed by atoms with Crippen molar-refractivity contribution >= 4 is 33.3 Å². The van der Waals surface area contributed by atoms with Crippen LogP contribution in [0.5, 0.6) is 11.9 Å². The molecule has 0 bridgehead atoms. The molecule has 0 spiro atoms. The molecule has 1 aliphatic rings. The molecular weight excluding hydrogens is 486 g/mol. The number of anilines is 2. The van der Waals surface area contributed by atoms with E-state index in [0.717, 1.165) is 5.56 Å². The lowest BCUT2D eigenvalue weighted by Crippen LogP contribution is -2.33. The lowest BCUT2D eigenvalue weighted by molar-refractivity contribution is -0.137. The Bertz CT molecular complexity index is 1390. The predicted molar refractivity (Wildman–Crippen MR) is 131 cm³/mol. The van der Waals surface area contributed by atoms with Gasteiger partial charge in [0.1, 0.15) is 5.70 Å². The predicted octanol–water partition coefficient (Wildman–Crippen LogP) is 2.20. The molecule has 2 aromatic carbocycles. The molecule has 0 saturated heterocycles. The van der Waals surface area contributed by atoms with Crippen molar-refractivity contribution < 1.29 is 27.5 Å². The number of sulfonamides is 1. The maximum atomic E-state index is 12.8. The van der Waals surface area contributed by atoms with E-state index >= 15 is 0 Å². The van der Waals surface area contributed by atoms with E-state index in [1.54, 1.807) is 0 Å². The molecule has 1 aromatic heterocycles. The number of nitrogens with one attached hydrogen (secondary N) is 2. The summed E-state index contributed by atoms with van der Waals surface area (Å²) in [7, 11) is -1.26. The highest BCUT2D eigenvalue weighted by molar-refractivity contribution is 7.92. The fourth-order valence-electron chi connectivity index (χ4n) is 3.42. The first-order chi connectivity index (χ1) is 17.3. The largest absolute Gasteiger partial charge is 0.481 e. The van der Waals surface area contributed by atoms with Crippen LogP contribution in [-0.4, -0.2) is 55.9 Å². The topological polar surface area (TPSA) is 140 Å². The Morgan fingerprint density at radius 2 is 1.67 bits per heavy atom. The van der Waals surface area contributed by atoms with Crippen LogP contribution in [0.4, 0.5) is 11.5 Å². The van der Waals surface area contributed by atoms with Crippen molar-refractivity contribution in [2.45, 2.75) is 11.3 Å². The van der Waals surface area contributed by atoms with E-state index < -0.39 is 21.8 Å².